The van der Waals surface area contributed by atoms with Crippen LogP contribution in [0.5, 0.6) is 0 Å². The van der Waals surface area contributed by atoms with Crippen LogP contribution < -0.4 is 5.73 Å². The summed E-state index contributed by atoms with van der Waals surface area (Å²) in [6, 6.07) is 0.256. The number of hydrogen-bond acceptors (Lipinski definition) is 4. The molecule has 1 aromatic heterocycles. The summed E-state index contributed by atoms with van der Waals surface area (Å²) in [5, 5.41) is 0. The average Bonchev–Trinajstić information content (AvgIpc) is 2.86. The van der Waals surface area contributed by atoms with Gasteiger partial charge in [0.05, 0.1) is 6.61 Å². The van der Waals surface area contributed by atoms with E-state index < -0.39 is 5.54 Å². The third-order valence-electron chi connectivity index (χ3n) is 3.46. The van der Waals surface area contributed by atoms with Gasteiger partial charge in [-0.15, -0.1) is 0 Å². The Balaban J connectivity index is 2.09. The van der Waals surface area contributed by atoms with E-state index in [-0.39, 0.29) is 12.0 Å². The number of aromatic nitrogens is 2. The first-order valence-corrected chi connectivity index (χ1v) is 6.02. The zero-order valence-electron chi connectivity index (χ0n) is 10.3. The van der Waals surface area contributed by atoms with Gasteiger partial charge < -0.3 is 15.0 Å². The van der Waals surface area contributed by atoms with Gasteiger partial charge in [-0.1, -0.05) is 0 Å². The topological polar surface area (TPSA) is 70.1 Å². The van der Waals surface area contributed by atoms with Crippen LogP contribution in [0.4, 0.5) is 0 Å². The molecule has 0 spiro atoms. The highest BCUT2D eigenvalue weighted by atomic mass is 16.5. The molecule has 1 heterocycles. The summed E-state index contributed by atoms with van der Waals surface area (Å²) in [7, 11) is 0. The highest BCUT2D eigenvalue weighted by Crippen LogP contribution is 2.37. The highest BCUT2D eigenvalue weighted by Gasteiger charge is 2.43. The van der Waals surface area contributed by atoms with E-state index in [2.05, 4.69) is 9.55 Å². The van der Waals surface area contributed by atoms with Gasteiger partial charge in [0.15, 0.2) is 0 Å². The third-order valence-corrected chi connectivity index (χ3v) is 3.46. The van der Waals surface area contributed by atoms with E-state index in [4.69, 9.17) is 10.5 Å². The zero-order chi connectivity index (χ0) is 12.5. The molecule has 0 radical (unpaired) electrons. The molecule has 94 valence electrons. The predicted molar refractivity (Wildman–Crippen MR) is 63.4 cm³/mol. The molecule has 1 aliphatic carbocycles. The molecule has 5 heteroatoms. The summed E-state index contributed by atoms with van der Waals surface area (Å²) in [5.74, 6) is 0.684. The molecule has 2 rings (SSSR count). The molecule has 1 aliphatic rings. The fourth-order valence-electron chi connectivity index (χ4n) is 2.52. The molecule has 17 heavy (non-hydrogen) atoms. The van der Waals surface area contributed by atoms with Crippen LogP contribution in [0.2, 0.25) is 0 Å². The Morgan fingerprint density at radius 3 is 3.12 bits per heavy atom. The lowest BCUT2D eigenvalue weighted by Gasteiger charge is -2.22. The Bertz CT molecular complexity index is 416. The monoisotopic (exact) mass is 237 g/mol. The van der Waals surface area contributed by atoms with Crippen molar-refractivity contribution in [3.8, 4) is 0 Å². The largest absolute Gasteiger partial charge is 0.465 e. The van der Waals surface area contributed by atoms with Crippen LogP contribution in [0.3, 0.4) is 0 Å². The van der Waals surface area contributed by atoms with Crippen molar-refractivity contribution in [1.29, 1.82) is 0 Å². The summed E-state index contributed by atoms with van der Waals surface area (Å²) < 4.78 is 7.13. The SMILES string of the molecule is CCOC(=O)C1(N)CCC(n2ccnc2C)C1. The van der Waals surface area contributed by atoms with Gasteiger partial charge in [-0.25, -0.2) is 4.98 Å². The van der Waals surface area contributed by atoms with Gasteiger partial charge in [-0.05, 0) is 33.1 Å². The normalized spacial score (nSPS) is 28.3. The fourth-order valence-corrected chi connectivity index (χ4v) is 2.52. The number of nitrogens with two attached hydrogens (primary N) is 1. The molecule has 0 aliphatic heterocycles. The summed E-state index contributed by atoms with van der Waals surface area (Å²) in [6.07, 6.45) is 5.91. The van der Waals surface area contributed by atoms with Gasteiger partial charge in [0.25, 0.3) is 0 Å². The molecule has 0 bridgehead atoms. The van der Waals surface area contributed by atoms with E-state index in [1.165, 1.54) is 0 Å². The number of hydrogen-bond donors (Lipinski definition) is 1. The van der Waals surface area contributed by atoms with E-state index in [9.17, 15) is 4.79 Å². The Morgan fingerprint density at radius 1 is 1.76 bits per heavy atom. The maximum Gasteiger partial charge on any atom is 0.326 e. The van der Waals surface area contributed by atoms with Gasteiger partial charge in [0, 0.05) is 18.4 Å². The van der Waals surface area contributed by atoms with Crippen molar-refractivity contribution in [3.05, 3.63) is 18.2 Å². The second-order valence-electron chi connectivity index (χ2n) is 4.65. The minimum atomic E-state index is -0.822. The quantitative estimate of drug-likeness (QED) is 0.801. The molecule has 1 saturated carbocycles. The second-order valence-corrected chi connectivity index (χ2v) is 4.65. The van der Waals surface area contributed by atoms with Gasteiger partial charge >= 0.3 is 5.97 Å². The number of nitrogens with zero attached hydrogens (tertiary/aromatic N) is 2. The molecular formula is C12H19N3O2. The molecule has 2 unspecified atom stereocenters. The smallest absolute Gasteiger partial charge is 0.326 e. The number of ether oxygens (including phenoxy) is 1. The summed E-state index contributed by atoms with van der Waals surface area (Å²) in [4.78, 5) is 16.0. The average molecular weight is 237 g/mol. The van der Waals surface area contributed by atoms with Crippen LogP contribution in [0, 0.1) is 6.92 Å². The lowest BCUT2D eigenvalue weighted by atomic mass is 9.99. The van der Waals surface area contributed by atoms with Crippen LogP contribution >= 0.6 is 0 Å². The van der Waals surface area contributed by atoms with Crippen LogP contribution in [-0.2, 0) is 9.53 Å². The molecular weight excluding hydrogens is 218 g/mol. The molecule has 0 aromatic carbocycles. The number of esters is 1. The van der Waals surface area contributed by atoms with E-state index in [0.717, 1.165) is 12.2 Å². The van der Waals surface area contributed by atoms with Crippen LogP contribution in [0.15, 0.2) is 12.4 Å². The maximum absolute atomic E-state index is 11.8. The molecule has 0 amide bonds. The van der Waals surface area contributed by atoms with Crippen molar-refractivity contribution in [2.75, 3.05) is 6.61 Å². The van der Waals surface area contributed by atoms with Crippen molar-refractivity contribution >= 4 is 5.97 Å². The molecule has 2 N–H and O–H groups in total. The Labute approximate surface area is 101 Å². The Morgan fingerprint density at radius 2 is 2.53 bits per heavy atom. The number of carbonyl (C=O) groups excluding carboxylic acids is 1. The van der Waals surface area contributed by atoms with Crippen molar-refractivity contribution in [2.45, 2.75) is 44.7 Å². The second kappa shape index (κ2) is 4.49. The van der Waals surface area contributed by atoms with Gasteiger partial charge in [-0.2, -0.15) is 0 Å². The van der Waals surface area contributed by atoms with Crippen molar-refractivity contribution in [2.24, 2.45) is 5.73 Å². The minimum Gasteiger partial charge on any atom is -0.465 e. The van der Waals surface area contributed by atoms with E-state index in [1.54, 1.807) is 13.1 Å². The lowest BCUT2D eigenvalue weighted by molar-refractivity contribution is -0.149. The van der Waals surface area contributed by atoms with E-state index >= 15 is 0 Å². The first-order valence-electron chi connectivity index (χ1n) is 6.02. The summed E-state index contributed by atoms with van der Waals surface area (Å²) >= 11 is 0. The van der Waals surface area contributed by atoms with E-state index in [1.807, 2.05) is 13.1 Å². The van der Waals surface area contributed by atoms with Crippen molar-refractivity contribution < 1.29 is 9.53 Å². The van der Waals surface area contributed by atoms with Gasteiger partial charge in [0.1, 0.15) is 11.4 Å². The van der Waals surface area contributed by atoms with Crippen molar-refractivity contribution in [3.63, 3.8) is 0 Å². The Kier molecular flexibility index (Phi) is 3.19. The first-order chi connectivity index (χ1) is 8.07. The minimum absolute atomic E-state index is 0.256. The third kappa shape index (κ3) is 2.20. The number of carbonyl (C=O) groups is 1. The molecule has 1 aromatic rings. The van der Waals surface area contributed by atoms with Crippen LogP contribution in [0.1, 0.15) is 38.1 Å². The Hall–Kier alpha value is -1.36. The maximum atomic E-state index is 11.8. The van der Waals surface area contributed by atoms with Crippen LogP contribution in [-0.4, -0.2) is 27.7 Å². The fraction of sp³-hybridized carbons (Fsp3) is 0.667. The summed E-state index contributed by atoms with van der Waals surface area (Å²) in [6.45, 7) is 4.14. The molecule has 1 fully saturated rings. The zero-order valence-corrected chi connectivity index (χ0v) is 10.3. The highest BCUT2D eigenvalue weighted by molar-refractivity contribution is 5.81. The van der Waals surface area contributed by atoms with Gasteiger partial charge in [0.2, 0.25) is 0 Å². The first kappa shape index (κ1) is 12.1. The van der Waals surface area contributed by atoms with Gasteiger partial charge in [-0.3, -0.25) is 4.79 Å². The molecule has 0 saturated heterocycles. The molecule has 5 nitrogen and oxygen atoms in total. The van der Waals surface area contributed by atoms with Crippen molar-refractivity contribution in [1.82, 2.24) is 9.55 Å². The molecule has 2 atom stereocenters. The summed E-state index contributed by atoms with van der Waals surface area (Å²) in [5.41, 5.74) is 5.30. The lowest BCUT2D eigenvalue weighted by Crippen LogP contribution is -2.46. The number of imidazole rings is 1. The predicted octanol–water partition coefficient (Wildman–Crippen LogP) is 1.18. The standard InChI is InChI=1S/C12H19N3O2/c1-3-17-11(16)12(13)5-4-10(8-12)15-7-6-14-9(15)2/h6-7,10H,3-5,8,13H2,1-2H3. The number of rotatable bonds is 3. The number of aryl methyl sites for hydroxylation is 1. The van der Waals surface area contributed by atoms with Crippen LogP contribution in [0.25, 0.3) is 0 Å². The van der Waals surface area contributed by atoms with E-state index in [0.29, 0.717) is 19.4 Å².